The number of amides is 1. The molecule has 0 aromatic heterocycles. The van der Waals surface area contributed by atoms with Crippen molar-refractivity contribution in [3.63, 3.8) is 0 Å². The highest BCUT2D eigenvalue weighted by atomic mass is 19.1. The molecular weight excluding hydrogens is 348 g/mol. The first-order valence-electron chi connectivity index (χ1n) is 10.3. The SMILES string of the molecule is O=C(NC1CC1)[C@@H]1CCCN(C2CCN(Cc3c(F)cccc3F)CC2)C1. The summed E-state index contributed by atoms with van der Waals surface area (Å²) in [6, 6.07) is 4.96. The number of piperidine rings is 2. The molecule has 1 aromatic carbocycles. The third kappa shape index (κ3) is 4.66. The second kappa shape index (κ2) is 8.23. The number of carbonyl (C=O) groups excluding carboxylic acids is 1. The van der Waals surface area contributed by atoms with E-state index in [2.05, 4.69) is 15.1 Å². The molecule has 1 aromatic rings. The molecule has 1 atom stereocenters. The summed E-state index contributed by atoms with van der Waals surface area (Å²) in [5.41, 5.74) is 0.172. The Kier molecular flexibility index (Phi) is 5.74. The van der Waals surface area contributed by atoms with Gasteiger partial charge in [-0.25, -0.2) is 8.78 Å². The topological polar surface area (TPSA) is 35.6 Å². The fourth-order valence-electron chi connectivity index (χ4n) is 4.45. The van der Waals surface area contributed by atoms with Gasteiger partial charge in [0.2, 0.25) is 5.91 Å². The van der Waals surface area contributed by atoms with Gasteiger partial charge in [0, 0.05) is 30.7 Å². The normalized spacial score (nSPS) is 25.5. The molecule has 6 heteroatoms. The molecule has 3 fully saturated rings. The van der Waals surface area contributed by atoms with E-state index in [0.29, 0.717) is 18.6 Å². The fourth-order valence-corrected chi connectivity index (χ4v) is 4.45. The molecule has 0 spiro atoms. The van der Waals surface area contributed by atoms with Gasteiger partial charge in [-0.1, -0.05) is 6.07 Å². The van der Waals surface area contributed by atoms with Crippen LogP contribution in [0.5, 0.6) is 0 Å². The minimum atomic E-state index is -0.460. The van der Waals surface area contributed by atoms with Crippen LogP contribution in [0.3, 0.4) is 0 Å². The molecule has 27 heavy (non-hydrogen) atoms. The fraction of sp³-hybridized carbons (Fsp3) is 0.667. The summed E-state index contributed by atoms with van der Waals surface area (Å²) in [5.74, 6) is -0.574. The number of hydrogen-bond acceptors (Lipinski definition) is 3. The third-order valence-corrected chi connectivity index (χ3v) is 6.26. The molecule has 1 aliphatic carbocycles. The summed E-state index contributed by atoms with van der Waals surface area (Å²) in [7, 11) is 0. The number of carbonyl (C=O) groups is 1. The largest absolute Gasteiger partial charge is 0.353 e. The first-order chi connectivity index (χ1) is 13.1. The van der Waals surface area contributed by atoms with Crippen molar-refractivity contribution >= 4 is 5.91 Å². The Morgan fingerprint density at radius 1 is 1.04 bits per heavy atom. The first-order valence-corrected chi connectivity index (χ1v) is 10.3. The van der Waals surface area contributed by atoms with Crippen molar-refractivity contribution in [3.05, 3.63) is 35.4 Å². The summed E-state index contributed by atoms with van der Waals surface area (Å²) in [6.45, 7) is 3.92. The second-order valence-electron chi connectivity index (χ2n) is 8.32. The number of halogens is 2. The second-order valence-corrected chi connectivity index (χ2v) is 8.32. The van der Waals surface area contributed by atoms with Crippen molar-refractivity contribution in [3.8, 4) is 0 Å². The van der Waals surface area contributed by atoms with Crippen LogP contribution in [0.4, 0.5) is 8.78 Å². The first kappa shape index (κ1) is 18.8. The van der Waals surface area contributed by atoms with Crippen molar-refractivity contribution in [1.29, 1.82) is 0 Å². The Morgan fingerprint density at radius 2 is 1.74 bits per heavy atom. The summed E-state index contributed by atoms with van der Waals surface area (Å²) < 4.78 is 27.7. The highest BCUT2D eigenvalue weighted by Crippen LogP contribution is 2.26. The molecule has 1 amide bonds. The molecule has 1 saturated carbocycles. The lowest BCUT2D eigenvalue weighted by molar-refractivity contribution is -0.127. The Morgan fingerprint density at radius 3 is 2.41 bits per heavy atom. The molecule has 4 rings (SSSR count). The predicted octanol–water partition coefficient (Wildman–Crippen LogP) is 2.92. The maximum absolute atomic E-state index is 13.9. The zero-order valence-electron chi connectivity index (χ0n) is 15.8. The maximum atomic E-state index is 13.9. The molecule has 2 saturated heterocycles. The van der Waals surface area contributed by atoms with Gasteiger partial charge in [0.05, 0.1) is 5.92 Å². The van der Waals surface area contributed by atoms with Gasteiger partial charge < -0.3 is 5.32 Å². The van der Waals surface area contributed by atoms with Crippen LogP contribution in [0.25, 0.3) is 0 Å². The molecule has 2 aliphatic heterocycles. The summed E-state index contributed by atoms with van der Waals surface area (Å²) in [4.78, 5) is 17.0. The molecule has 0 bridgehead atoms. The van der Waals surface area contributed by atoms with E-state index in [0.717, 1.165) is 64.7 Å². The van der Waals surface area contributed by atoms with E-state index in [1.807, 2.05) is 0 Å². The van der Waals surface area contributed by atoms with E-state index in [9.17, 15) is 13.6 Å². The lowest BCUT2D eigenvalue weighted by Gasteiger charge is -2.42. The van der Waals surface area contributed by atoms with Crippen molar-refractivity contribution in [2.24, 2.45) is 5.92 Å². The minimum absolute atomic E-state index is 0.116. The third-order valence-electron chi connectivity index (χ3n) is 6.26. The van der Waals surface area contributed by atoms with E-state index in [1.165, 1.54) is 18.2 Å². The zero-order valence-corrected chi connectivity index (χ0v) is 15.8. The van der Waals surface area contributed by atoms with Crippen LogP contribution in [0.1, 0.15) is 44.1 Å². The summed E-state index contributed by atoms with van der Waals surface area (Å²) >= 11 is 0. The van der Waals surface area contributed by atoms with Gasteiger partial charge in [0.1, 0.15) is 11.6 Å². The van der Waals surface area contributed by atoms with E-state index in [4.69, 9.17) is 0 Å². The Labute approximate surface area is 159 Å². The Hall–Kier alpha value is -1.53. The highest BCUT2D eigenvalue weighted by Gasteiger charge is 2.33. The monoisotopic (exact) mass is 377 g/mol. The van der Waals surface area contributed by atoms with Gasteiger partial charge >= 0.3 is 0 Å². The van der Waals surface area contributed by atoms with Crippen LogP contribution >= 0.6 is 0 Å². The van der Waals surface area contributed by atoms with Crippen molar-refractivity contribution in [1.82, 2.24) is 15.1 Å². The lowest BCUT2D eigenvalue weighted by atomic mass is 9.93. The van der Waals surface area contributed by atoms with Crippen molar-refractivity contribution in [2.75, 3.05) is 26.2 Å². The van der Waals surface area contributed by atoms with Crippen molar-refractivity contribution < 1.29 is 13.6 Å². The molecule has 3 aliphatic rings. The molecule has 0 unspecified atom stereocenters. The number of nitrogens with one attached hydrogen (secondary N) is 1. The number of benzene rings is 1. The Balaban J connectivity index is 1.27. The van der Waals surface area contributed by atoms with Gasteiger partial charge in [0.15, 0.2) is 0 Å². The molecular formula is C21H29F2N3O. The van der Waals surface area contributed by atoms with E-state index < -0.39 is 11.6 Å². The highest BCUT2D eigenvalue weighted by molar-refractivity contribution is 5.79. The molecule has 148 valence electrons. The minimum Gasteiger partial charge on any atom is -0.353 e. The lowest BCUT2D eigenvalue weighted by Crippen LogP contribution is -2.50. The average Bonchev–Trinajstić information content (AvgIpc) is 3.49. The van der Waals surface area contributed by atoms with E-state index >= 15 is 0 Å². The average molecular weight is 377 g/mol. The number of likely N-dealkylation sites (tertiary alicyclic amines) is 2. The molecule has 1 N–H and O–H groups in total. The maximum Gasteiger partial charge on any atom is 0.224 e. The summed E-state index contributed by atoms with van der Waals surface area (Å²) in [6.07, 6.45) is 6.30. The quantitative estimate of drug-likeness (QED) is 0.857. The van der Waals surface area contributed by atoms with Crippen LogP contribution in [-0.4, -0.2) is 54.0 Å². The van der Waals surface area contributed by atoms with Crippen LogP contribution < -0.4 is 5.32 Å². The van der Waals surface area contributed by atoms with Crippen molar-refractivity contribution in [2.45, 2.75) is 57.2 Å². The smallest absolute Gasteiger partial charge is 0.224 e. The van der Waals surface area contributed by atoms with Crippen LogP contribution in [-0.2, 0) is 11.3 Å². The van der Waals surface area contributed by atoms with Crippen LogP contribution in [0, 0.1) is 17.6 Å². The van der Waals surface area contributed by atoms with Gasteiger partial charge in [-0.15, -0.1) is 0 Å². The van der Waals surface area contributed by atoms with E-state index in [-0.39, 0.29) is 17.4 Å². The van der Waals surface area contributed by atoms with Crippen LogP contribution in [0.15, 0.2) is 18.2 Å². The molecule has 4 nitrogen and oxygen atoms in total. The van der Waals surface area contributed by atoms with Gasteiger partial charge in [-0.05, 0) is 70.3 Å². The van der Waals surface area contributed by atoms with Gasteiger partial charge in [-0.2, -0.15) is 0 Å². The number of nitrogens with zero attached hydrogens (tertiary/aromatic N) is 2. The Bertz CT molecular complexity index is 651. The molecule has 0 radical (unpaired) electrons. The zero-order chi connectivity index (χ0) is 18.8. The van der Waals surface area contributed by atoms with Gasteiger partial charge in [0.25, 0.3) is 0 Å². The van der Waals surface area contributed by atoms with E-state index in [1.54, 1.807) is 0 Å². The van der Waals surface area contributed by atoms with Gasteiger partial charge in [-0.3, -0.25) is 14.6 Å². The number of rotatable bonds is 5. The standard InChI is InChI=1S/C21H29F2N3O/c22-19-4-1-5-20(23)18(19)14-25-11-8-17(9-12-25)26-10-2-3-15(13-26)21(27)24-16-6-7-16/h1,4-5,15-17H,2-3,6-14H2,(H,24,27)/t15-/m1/s1. The molecule has 2 heterocycles. The summed E-state index contributed by atoms with van der Waals surface area (Å²) in [5, 5.41) is 3.15. The predicted molar refractivity (Wildman–Crippen MR) is 100 cm³/mol. The van der Waals surface area contributed by atoms with Crippen LogP contribution in [0.2, 0.25) is 0 Å². The number of hydrogen-bond donors (Lipinski definition) is 1.